The summed E-state index contributed by atoms with van der Waals surface area (Å²) in [5, 5.41) is 4.14. The van der Waals surface area contributed by atoms with Crippen molar-refractivity contribution in [2.24, 2.45) is 5.92 Å². The third-order valence-electron chi connectivity index (χ3n) is 3.89. The first kappa shape index (κ1) is 20.4. The van der Waals surface area contributed by atoms with E-state index in [1.54, 1.807) is 22.8 Å². The molecule has 0 bridgehead atoms. The van der Waals surface area contributed by atoms with Gasteiger partial charge in [0, 0.05) is 17.3 Å². The zero-order chi connectivity index (χ0) is 20.3. The van der Waals surface area contributed by atoms with Gasteiger partial charge in [0.15, 0.2) is 5.16 Å². The molecule has 1 amide bonds. The average molecular weight is 420 g/mol. The summed E-state index contributed by atoms with van der Waals surface area (Å²) in [7, 11) is 0. The normalized spacial score (nSPS) is 11.2. The maximum absolute atomic E-state index is 13.0. The van der Waals surface area contributed by atoms with Crippen LogP contribution in [-0.4, -0.2) is 21.2 Å². The summed E-state index contributed by atoms with van der Waals surface area (Å²) in [4.78, 5) is 29.7. The number of aromatic nitrogens is 2. The summed E-state index contributed by atoms with van der Waals surface area (Å²) < 4.78 is 14.6. The van der Waals surface area contributed by atoms with Crippen molar-refractivity contribution >= 4 is 45.9 Å². The van der Waals surface area contributed by atoms with Crippen molar-refractivity contribution in [2.45, 2.75) is 25.5 Å². The summed E-state index contributed by atoms with van der Waals surface area (Å²) in [5.74, 6) is -0.345. The van der Waals surface area contributed by atoms with Gasteiger partial charge >= 0.3 is 0 Å². The van der Waals surface area contributed by atoms with Crippen molar-refractivity contribution in [3.63, 3.8) is 0 Å². The Kier molecular flexibility index (Phi) is 6.36. The molecule has 1 N–H and O–H groups in total. The summed E-state index contributed by atoms with van der Waals surface area (Å²) in [5.41, 5.74) is 0.848. The van der Waals surface area contributed by atoms with Crippen LogP contribution in [0, 0.1) is 11.7 Å². The highest BCUT2D eigenvalue weighted by molar-refractivity contribution is 7.99. The monoisotopic (exact) mass is 419 g/mol. The Morgan fingerprint density at radius 1 is 1.25 bits per heavy atom. The Morgan fingerprint density at radius 3 is 2.64 bits per heavy atom. The molecule has 28 heavy (non-hydrogen) atoms. The van der Waals surface area contributed by atoms with Gasteiger partial charge in [-0.05, 0) is 48.4 Å². The lowest BCUT2D eigenvalue weighted by atomic mass is 10.2. The largest absolute Gasteiger partial charge is 0.325 e. The van der Waals surface area contributed by atoms with Crippen LogP contribution >= 0.6 is 23.4 Å². The fourth-order valence-electron chi connectivity index (χ4n) is 2.67. The standard InChI is InChI=1S/C20H19ClFN3O2S/c1-12(2)10-25-19(27)16-8-3-13(21)9-17(16)24-20(25)28-11-18(26)23-15-6-4-14(22)5-7-15/h3-9,12H,10-11H2,1-2H3,(H,23,26). The van der Waals surface area contributed by atoms with Crippen molar-refractivity contribution < 1.29 is 9.18 Å². The summed E-state index contributed by atoms with van der Waals surface area (Å²) in [6.07, 6.45) is 0. The molecule has 3 aromatic rings. The number of amides is 1. The lowest BCUT2D eigenvalue weighted by Crippen LogP contribution is -2.26. The van der Waals surface area contributed by atoms with Crippen LogP contribution in [0.15, 0.2) is 52.4 Å². The molecule has 146 valence electrons. The van der Waals surface area contributed by atoms with E-state index in [0.29, 0.717) is 33.3 Å². The van der Waals surface area contributed by atoms with Crippen LogP contribution in [0.5, 0.6) is 0 Å². The van der Waals surface area contributed by atoms with E-state index in [1.165, 1.54) is 36.0 Å². The number of benzene rings is 2. The van der Waals surface area contributed by atoms with E-state index in [0.717, 1.165) is 0 Å². The third-order valence-corrected chi connectivity index (χ3v) is 5.10. The van der Waals surface area contributed by atoms with Gasteiger partial charge in [0.1, 0.15) is 5.82 Å². The summed E-state index contributed by atoms with van der Waals surface area (Å²) in [6.45, 7) is 4.51. The number of nitrogens with zero attached hydrogens (tertiary/aromatic N) is 2. The van der Waals surface area contributed by atoms with Crippen molar-refractivity contribution in [3.8, 4) is 0 Å². The lowest BCUT2D eigenvalue weighted by Gasteiger charge is -2.15. The first-order chi connectivity index (χ1) is 13.3. The van der Waals surface area contributed by atoms with Gasteiger partial charge < -0.3 is 5.32 Å². The van der Waals surface area contributed by atoms with Gasteiger partial charge in [0.05, 0.1) is 16.7 Å². The summed E-state index contributed by atoms with van der Waals surface area (Å²) in [6, 6.07) is 10.5. The first-order valence-electron chi connectivity index (χ1n) is 8.72. The minimum Gasteiger partial charge on any atom is -0.325 e. The molecule has 0 saturated carbocycles. The van der Waals surface area contributed by atoms with Crippen LogP contribution < -0.4 is 10.9 Å². The molecule has 0 aliphatic rings. The third kappa shape index (κ3) is 4.91. The van der Waals surface area contributed by atoms with Crippen LogP contribution in [0.25, 0.3) is 10.9 Å². The van der Waals surface area contributed by atoms with E-state index in [-0.39, 0.29) is 29.0 Å². The van der Waals surface area contributed by atoms with Gasteiger partial charge in [0.2, 0.25) is 5.91 Å². The van der Waals surface area contributed by atoms with Gasteiger partial charge in [-0.3, -0.25) is 14.2 Å². The smallest absolute Gasteiger partial charge is 0.262 e. The molecule has 0 unspecified atom stereocenters. The molecule has 0 spiro atoms. The second-order valence-electron chi connectivity index (χ2n) is 6.71. The molecule has 0 aliphatic heterocycles. The Labute approximate surface area is 170 Å². The van der Waals surface area contributed by atoms with Gasteiger partial charge in [-0.25, -0.2) is 9.37 Å². The highest BCUT2D eigenvalue weighted by atomic mass is 35.5. The second-order valence-corrected chi connectivity index (χ2v) is 8.09. The predicted molar refractivity (Wildman–Crippen MR) is 112 cm³/mol. The molecule has 5 nitrogen and oxygen atoms in total. The van der Waals surface area contributed by atoms with Crippen LogP contribution in [0.4, 0.5) is 10.1 Å². The second kappa shape index (κ2) is 8.75. The average Bonchev–Trinajstić information content (AvgIpc) is 2.64. The Hall–Kier alpha value is -2.38. The number of anilines is 1. The lowest BCUT2D eigenvalue weighted by molar-refractivity contribution is -0.113. The van der Waals surface area contributed by atoms with Crippen molar-refractivity contribution in [1.29, 1.82) is 0 Å². The number of hydrogen-bond acceptors (Lipinski definition) is 4. The molecule has 0 radical (unpaired) electrons. The molecule has 0 fully saturated rings. The minimum absolute atomic E-state index is 0.0635. The van der Waals surface area contributed by atoms with E-state index in [1.807, 2.05) is 13.8 Å². The van der Waals surface area contributed by atoms with E-state index in [9.17, 15) is 14.0 Å². The molecule has 1 aromatic heterocycles. The minimum atomic E-state index is -0.371. The summed E-state index contributed by atoms with van der Waals surface area (Å²) >= 11 is 7.21. The van der Waals surface area contributed by atoms with Crippen LogP contribution in [-0.2, 0) is 11.3 Å². The van der Waals surface area contributed by atoms with E-state index < -0.39 is 0 Å². The number of halogens is 2. The molecule has 3 rings (SSSR count). The number of fused-ring (bicyclic) bond motifs is 1. The van der Waals surface area contributed by atoms with Gasteiger partial charge in [-0.1, -0.05) is 37.2 Å². The fourth-order valence-corrected chi connectivity index (χ4v) is 3.65. The van der Waals surface area contributed by atoms with E-state index >= 15 is 0 Å². The molecule has 0 aliphatic carbocycles. The Bertz CT molecular complexity index is 1070. The highest BCUT2D eigenvalue weighted by Gasteiger charge is 2.15. The Balaban J connectivity index is 1.84. The highest BCUT2D eigenvalue weighted by Crippen LogP contribution is 2.21. The zero-order valence-electron chi connectivity index (χ0n) is 15.4. The van der Waals surface area contributed by atoms with Gasteiger partial charge in [-0.15, -0.1) is 0 Å². The molecular formula is C20H19ClFN3O2S. The van der Waals surface area contributed by atoms with Crippen LogP contribution in [0.1, 0.15) is 13.8 Å². The van der Waals surface area contributed by atoms with Crippen LogP contribution in [0.2, 0.25) is 5.02 Å². The van der Waals surface area contributed by atoms with Crippen molar-refractivity contribution in [1.82, 2.24) is 9.55 Å². The SMILES string of the molecule is CC(C)Cn1c(SCC(=O)Nc2ccc(F)cc2)nc2cc(Cl)ccc2c1=O. The number of thioether (sulfide) groups is 1. The molecule has 1 heterocycles. The predicted octanol–water partition coefficient (Wildman–Crippen LogP) is 4.58. The van der Waals surface area contributed by atoms with Gasteiger partial charge in [0.25, 0.3) is 5.56 Å². The van der Waals surface area contributed by atoms with Crippen molar-refractivity contribution in [2.75, 3.05) is 11.1 Å². The fraction of sp³-hybridized carbons (Fsp3) is 0.250. The molecule has 0 atom stereocenters. The van der Waals surface area contributed by atoms with E-state index in [2.05, 4.69) is 10.3 Å². The number of rotatable bonds is 6. The first-order valence-corrected chi connectivity index (χ1v) is 10.1. The number of carbonyl (C=O) groups excluding carboxylic acids is 1. The number of hydrogen-bond donors (Lipinski definition) is 1. The number of carbonyl (C=O) groups is 1. The zero-order valence-corrected chi connectivity index (χ0v) is 17.0. The quantitative estimate of drug-likeness (QED) is 0.469. The molecular weight excluding hydrogens is 401 g/mol. The van der Waals surface area contributed by atoms with Gasteiger partial charge in [-0.2, -0.15) is 0 Å². The molecule has 0 saturated heterocycles. The maximum atomic E-state index is 13.0. The Morgan fingerprint density at radius 2 is 1.96 bits per heavy atom. The van der Waals surface area contributed by atoms with E-state index in [4.69, 9.17) is 11.6 Å². The maximum Gasteiger partial charge on any atom is 0.262 e. The molecule has 2 aromatic carbocycles. The van der Waals surface area contributed by atoms with Crippen molar-refractivity contribution in [3.05, 3.63) is 63.7 Å². The number of nitrogens with one attached hydrogen (secondary N) is 1. The molecule has 8 heteroatoms. The van der Waals surface area contributed by atoms with Crippen LogP contribution in [0.3, 0.4) is 0 Å². The topological polar surface area (TPSA) is 64.0 Å².